The Morgan fingerprint density at radius 2 is 2.20 bits per heavy atom. The van der Waals surface area contributed by atoms with Gasteiger partial charge in [0.25, 0.3) is 5.91 Å². The summed E-state index contributed by atoms with van der Waals surface area (Å²) in [5.74, 6) is 1.26. The van der Waals surface area contributed by atoms with Gasteiger partial charge in [0.15, 0.2) is 0 Å². The van der Waals surface area contributed by atoms with Gasteiger partial charge in [-0.05, 0) is 56.0 Å². The Hall–Kier alpha value is -2.82. The lowest BCUT2D eigenvalue weighted by Crippen LogP contribution is -2.33. The molecule has 1 saturated carbocycles. The van der Waals surface area contributed by atoms with Crippen LogP contribution in [0.25, 0.3) is 5.65 Å². The number of nitrogens with one attached hydrogen (secondary N) is 1. The molecule has 1 aliphatic rings. The Bertz CT molecular complexity index is 866. The first kappa shape index (κ1) is 15.7. The maximum atomic E-state index is 12.3. The van der Waals surface area contributed by atoms with Crippen molar-refractivity contribution in [2.24, 2.45) is 5.92 Å². The van der Waals surface area contributed by atoms with Gasteiger partial charge in [-0.15, -0.1) is 0 Å². The highest BCUT2D eigenvalue weighted by Crippen LogP contribution is 2.32. The quantitative estimate of drug-likeness (QED) is 0.751. The van der Waals surface area contributed by atoms with Crippen molar-refractivity contribution < 1.29 is 9.53 Å². The van der Waals surface area contributed by atoms with Gasteiger partial charge in [-0.1, -0.05) is 12.1 Å². The van der Waals surface area contributed by atoms with Crippen LogP contribution in [0.15, 0.2) is 54.9 Å². The number of rotatable bonds is 6. The number of amides is 1. The number of pyridine rings is 1. The Balaban J connectivity index is 1.41. The number of nitrogens with zero attached hydrogens (tertiary/aromatic N) is 2. The molecule has 2 heterocycles. The third kappa shape index (κ3) is 3.65. The van der Waals surface area contributed by atoms with Gasteiger partial charge in [-0.25, -0.2) is 4.98 Å². The fourth-order valence-electron chi connectivity index (χ4n) is 2.95. The molecule has 1 atom stereocenters. The number of imidazole rings is 1. The number of hydrogen-bond acceptors (Lipinski definition) is 3. The summed E-state index contributed by atoms with van der Waals surface area (Å²) in [6.45, 7) is 2.44. The number of aromatic nitrogens is 2. The van der Waals surface area contributed by atoms with Crippen molar-refractivity contribution in [3.63, 3.8) is 0 Å². The van der Waals surface area contributed by atoms with Crippen LogP contribution in [0.3, 0.4) is 0 Å². The van der Waals surface area contributed by atoms with Crippen LogP contribution in [-0.4, -0.2) is 21.3 Å². The van der Waals surface area contributed by atoms with Crippen LogP contribution in [0.2, 0.25) is 0 Å². The minimum Gasteiger partial charge on any atom is -0.487 e. The van der Waals surface area contributed by atoms with Gasteiger partial charge in [0.2, 0.25) is 0 Å². The summed E-state index contributed by atoms with van der Waals surface area (Å²) in [7, 11) is 0. The summed E-state index contributed by atoms with van der Waals surface area (Å²) in [5.41, 5.74) is 2.37. The Labute approximate surface area is 146 Å². The van der Waals surface area contributed by atoms with Crippen molar-refractivity contribution >= 4 is 11.6 Å². The number of benzene rings is 1. The van der Waals surface area contributed by atoms with E-state index in [1.54, 1.807) is 6.07 Å². The maximum absolute atomic E-state index is 12.3. The summed E-state index contributed by atoms with van der Waals surface area (Å²) in [6, 6.07) is 13.4. The highest BCUT2D eigenvalue weighted by atomic mass is 16.5. The minimum absolute atomic E-state index is 0.0439. The Morgan fingerprint density at radius 3 is 3.00 bits per heavy atom. The lowest BCUT2D eigenvalue weighted by atomic mass is 10.1. The molecule has 1 N–H and O–H groups in total. The van der Waals surface area contributed by atoms with Crippen LogP contribution >= 0.6 is 0 Å². The second-order valence-corrected chi connectivity index (χ2v) is 6.61. The number of carbonyl (C=O) groups is 1. The molecule has 0 aliphatic heterocycles. The Morgan fingerprint density at radius 1 is 1.32 bits per heavy atom. The van der Waals surface area contributed by atoms with E-state index in [1.807, 2.05) is 53.2 Å². The predicted molar refractivity (Wildman–Crippen MR) is 95.6 cm³/mol. The van der Waals surface area contributed by atoms with Crippen molar-refractivity contribution in [3.05, 3.63) is 66.1 Å². The van der Waals surface area contributed by atoms with E-state index in [0.29, 0.717) is 23.8 Å². The first-order valence-electron chi connectivity index (χ1n) is 8.65. The summed E-state index contributed by atoms with van der Waals surface area (Å²) in [6.07, 6.45) is 6.33. The van der Waals surface area contributed by atoms with E-state index in [9.17, 15) is 4.79 Å². The average Bonchev–Trinajstić information content (AvgIpc) is 3.40. The standard InChI is InChI=1S/C20H21N3O2/c1-14(15-8-9-15)21-20(24)16-5-4-6-18(11-16)25-13-17-12-23-10-3-2-7-19(23)22-17/h2-7,10-12,14-15H,8-9,13H2,1H3,(H,21,24). The van der Waals surface area contributed by atoms with E-state index in [0.717, 1.165) is 11.3 Å². The molecule has 5 heteroatoms. The Kier molecular flexibility index (Phi) is 4.14. The van der Waals surface area contributed by atoms with E-state index in [4.69, 9.17) is 4.74 Å². The molecular weight excluding hydrogens is 314 g/mol. The average molecular weight is 335 g/mol. The molecule has 25 heavy (non-hydrogen) atoms. The highest BCUT2D eigenvalue weighted by molar-refractivity contribution is 5.94. The fourth-order valence-corrected chi connectivity index (χ4v) is 2.95. The van der Waals surface area contributed by atoms with E-state index in [-0.39, 0.29) is 11.9 Å². The summed E-state index contributed by atoms with van der Waals surface area (Å²) in [4.78, 5) is 16.9. The third-order valence-corrected chi connectivity index (χ3v) is 4.58. The molecular formula is C20H21N3O2. The first-order chi connectivity index (χ1) is 12.2. The minimum atomic E-state index is -0.0439. The summed E-state index contributed by atoms with van der Waals surface area (Å²) in [5, 5.41) is 3.07. The zero-order valence-electron chi connectivity index (χ0n) is 14.2. The van der Waals surface area contributed by atoms with Gasteiger partial charge in [0.1, 0.15) is 18.0 Å². The molecule has 1 amide bonds. The van der Waals surface area contributed by atoms with Crippen molar-refractivity contribution in [1.29, 1.82) is 0 Å². The molecule has 1 aliphatic carbocycles. The SMILES string of the molecule is CC(NC(=O)c1cccc(OCc2cn3ccccc3n2)c1)C1CC1. The zero-order valence-corrected chi connectivity index (χ0v) is 14.2. The second-order valence-electron chi connectivity index (χ2n) is 6.61. The predicted octanol–water partition coefficient (Wildman–Crippen LogP) is 3.44. The van der Waals surface area contributed by atoms with Crippen molar-refractivity contribution in [3.8, 4) is 5.75 Å². The van der Waals surface area contributed by atoms with Crippen LogP contribution in [-0.2, 0) is 6.61 Å². The monoisotopic (exact) mass is 335 g/mol. The van der Waals surface area contributed by atoms with Gasteiger partial charge in [0, 0.05) is 24.0 Å². The molecule has 0 saturated heterocycles. The largest absolute Gasteiger partial charge is 0.487 e. The number of carbonyl (C=O) groups excluding carboxylic acids is 1. The summed E-state index contributed by atoms with van der Waals surface area (Å²) < 4.78 is 7.78. The normalized spacial score (nSPS) is 15.1. The maximum Gasteiger partial charge on any atom is 0.251 e. The van der Waals surface area contributed by atoms with E-state index < -0.39 is 0 Å². The number of hydrogen-bond donors (Lipinski definition) is 1. The topological polar surface area (TPSA) is 55.6 Å². The van der Waals surface area contributed by atoms with Crippen LogP contribution in [0, 0.1) is 5.92 Å². The lowest BCUT2D eigenvalue weighted by Gasteiger charge is -2.13. The lowest BCUT2D eigenvalue weighted by molar-refractivity contribution is 0.0935. The van der Waals surface area contributed by atoms with E-state index in [1.165, 1.54) is 12.8 Å². The molecule has 128 valence electrons. The van der Waals surface area contributed by atoms with Crippen molar-refractivity contribution in [1.82, 2.24) is 14.7 Å². The fraction of sp³-hybridized carbons (Fsp3) is 0.300. The molecule has 3 aromatic rings. The van der Waals surface area contributed by atoms with Crippen molar-refractivity contribution in [2.45, 2.75) is 32.4 Å². The zero-order chi connectivity index (χ0) is 17.2. The third-order valence-electron chi connectivity index (χ3n) is 4.58. The van der Waals surface area contributed by atoms with Crippen LogP contribution < -0.4 is 10.1 Å². The smallest absolute Gasteiger partial charge is 0.251 e. The van der Waals surface area contributed by atoms with Gasteiger partial charge >= 0.3 is 0 Å². The molecule has 0 bridgehead atoms. The highest BCUT2D eigenvalue weighted by Gasteiger charge is 2.29. The van der Waals surface area contributed by atoms with Crippen LogP contribution in [0.5, 0.6) is 5.75 Å². The van der Waals surface area contributed by atoms with E-state index >= 15 is 0 Å². The van der Waals surface area contributed by atoms with Gasteiger partial charge in [0.05, 0.1) is 5.69 Å². The van der Waals surface area contributed by atoms with Gasteiger partial charge in [-0.2, -0.15) is 0 Å². The molecule has 1 unspecified atom stereocenters. The van der Waals surface area contributed by atoms with E-state index in [2.05, 4.69) is 17.2 Å². The molecule has 4 rings (SSSR count). The molecule has 1 aromatic carbocycles. The molecule has 2 aromatic heterocycles. The first-order valence-corrected chi connectivity index (χ1v) is 8.65. The molecule has 1 fully saturated rings. The molecule has 0 spiro atoms. The second kappa shape index (κ2) is 6.59. The van der Waals surface area contributed by atoms with Crippen LogP contribution in [0.1, 0.15) is 35.8 Å². The number of fused-ring (bicyclic) bond motifs is 1. The molecule has 5 nitrogen and oxygen atoms in total. The molecule has 0 radical (unpaired) electrons. The van der Waals surface area contributed by atoms with Crippen molar-refractivity contribution in [2.75, 3.05) is 0 Å². The summed E-state index contributed by atoms with van der Waals surface area (Å²) >= 11 is 0. The number of ether oxygens (including phenoxy) is 1. The van der Waals surface area contributed by atoms with Gasteiger partial charge in [-0.3, -0.25) is 4.79 Å². The van der Waals surface area contributed by atoms with Gasteiger partial charge < -0.3 is 14.5 Å². The van der Waals surface area contributed by atoms with Crippen LogP contribution in [0.4, 0.5) is 0 Å².